The van der Waals surface area contributed by atoms with Gasteiger partial charge in [0.2, 0.25) is 0 Å². The molecule has 0 aliphatic heterocycles. The Bertz CT molecular complexity index is 516. The third-order valence-electron chi connectivity index (χ3n) is 2.72. The number of nitrogens with zero attached hydrogens (tertiary/aromatic N) is 2. The number of rotatable bonds is 7. The number of hydrogen-bond acceptors (Lipinski definition) is 5. The summed E-state index contributed by atoms with van der Waals surface area (Å²) in [6.07, 6.45) is 1.59. The lowest BCUT2D eigenvalue weighted by Gasteiger charge is -2.22. The van der Waals surface area contributed by atoms with Gasteiger partial charge in [-0.25, -0.2) is 0 Å². The van der Waals surface area contributed by atoms with Crippen LogP contribution in [0.1, 0.15) is 10.4 Å². The van der Waals surface area contributed by atoms with Crippen molar-refractivity contribution in [3.05, 3.63) is 46.5 Å². The number of carbonyl (C=O) groups excluding carboxylic acids is 1. The fraction of sp³-hybridized carbons (Fsp3) is 0.308. The van der Waals surface area contributed by atoms with Gasteiger partial charge < -0.3 is 15.3 Å². The molecule has 108 valence electrons. The highest BCUT2D eigenvalue weighted by molar-refractivity contribution is 5.95. The van der Waals surface area contributed by atoms with E-state index in [9.17, 15) is 14.9 Å². The van der Waals surface area contributed by atoms with Gasteiger partial charge in [-0.2, -0.15) is 0 Å². The van der Waals surface area contributed by atoms with E-state index >= 15 is 0 Å². The molecule has 0 aliphatic carbocycles. The molecule has 20 heavy (non-hydrogen) atoms. The van der Waals surface area contributed by atoms with Crippen LogP contribution >= 0.6 is 0 Å². The van der Waals surface area contributed by atoms with E-state index in [-0.39, 0.29) is 24.4 Å². The molecule has 0 atom stereocenters. The van der Waals surface area contributed by atoms with Gasteiger partial charge in [-0.15, -0.1) is 6.58 Å². The van der Waals surface area contributed by atoms with Crippen LogP contribution in [0.3, 0.4) is 0 Å². The third-order valence-corrected chi connectivity index (χ3v) is 2.72. The maximum absolute atomic E-state index is 11.5. The zero-order valence-corrected chi connectivity index (χ0v) is 11.2. The van der Waals surface area contributed by atoms with Gasteiger partial charge in [0.25, 0.3) is 11.6 Å². The smallest absolute Gasteiger partial charge is 0.293 e. The Morgan fingerprint density at radius 3 is 2.80 bits per heavy atom. The molecule has 1 aromatic carbocycles. The third kappa shape index (κ3) is 3.55. The molecule has 2 N–H and O–H groups in total. The lowest BCUT2D eigenvalue weighted by Crippen LogP contribution is -2.27. The summed E-state index contributed by atoms with van der Waals surface area (Å²) in [5, 5.41) is 22.6. The molecule has 0 spiro atoms. The Kier molecular flexibility index (Phi) is 5.67. The molecule has 7 heteroatoms. The molecule has 0 saturated carbocycles. The van der Waals surface area contributed by atoms with Crippen LogP contribution < -0.4 is 10.2 Å². The van der Waals surface area contributed by atoms with Crippen molar-refractivity contribution >= 4 is 17.3 Å². The number of nitro benzene ring substituents is 1. The highest BCUT2D eigenvalue weighted by atomic mass is 16.6. The maximum Gasteiger partial charge on any atom is 0.293 e. The summed E-state index contributed by atoms with van der Waals surface area (Å²) in [5.41, 5.74) is 0.378. The second kappa shape index (κ2) is 7.25. The number of hydrogen-bond donors (Lipinski definition) is 2. The quantitative estimate of drug-likeness (QED) is 0.440. The van der Waals surface area contributed by atoms with Crippen LogP contribution in [-0.4, -0.2) is 42.7 Å². The first-order valence-electron chi connectivity index (χ1n) is 6.02. The summed E-state index contributed by atoms with van der Waals surface area (Å²) in [6, 6.07) is 4.23. The van der Waals surface area contributed by atoms with Gasteiger partial charge in [-0.3, -0.25) is 14.9 Å². The summed E-state index contributed by atoms with van der Waals surface area (Å²) in [6.45, 7) is 4.05. The average Bonchev–Trinajstić information content (AvgIpc) is 2.45. The predicted molar refractivity (Wildman–Crippen MR) is 76.0 cm³/mol. The van der Waals surface area contributed by atoms with Gasteiger partial charge in [0.15, 0.2) is 0 Å². The summed E-state index contributed by atoms with van der Waals surface area (Å²) in [5.74, 6) is -0.392. The summed E-state index contributed by atoms with van der Waals surface area (Å²) in [4.78, 5) is 23.8. The topological polar surface area (TPSA) is 95.7 Å². The Hall–Kier alpha value is -2.41. The van der Waals surface area contributed by atoms with Crippen molar-refractivity contribution in [3.8, 4) is 0 Å². The first-order chi connectivity index (χ1) is 9.54. The van der Waals surface area contributed by atoms with E-state index < -0.39 is 10.8 Å². The molecule has 0 bridgehead atoms. The maximum atomic E-state index is 11.5. The number of nitrogens with one attached hydrogen (secondary N) is 1. The Morgan fingerprint density at radius 1 is 1.60 bits per heavy atom. The van der Waals surface area contributed by atoms with Crippen molar-refractivity contribution in [3.63, 3.8) is 0 Å². The number of nitro groups is 1. The minimum Gasteiger partial charge on any atom is -0.395 e. The number of anilines is 1. The van der Waals surface area contributed by atoms with Crippen molar-refractivity contribution in [1.82, 2.24) is 5.32 Å². The largest absolute Gasteiger partial charge is 0.395 e. The lowest BCUT2D eigenvalue weighted by atomic mass is 10.1. The van der Waals surface area contributed by atoms with Crippen LogP contribution in [0.15, 0.2) is 30.9 Å². The molecule has 1 aromatic rings. The van der Waals surface area contributed by atoms with Crippen LogP contribution in [-0.2, 0) is 0 Å². The van der Waals surface area contributed by atoms with E-state index in [2.05, 4.69) is 11.9 Å². The molecule has 0 fully saturated rings. The van der Waals surface area contributed by atoms with Crippen LogP contribution in [0.2, 0.25) is 0 Å². The predicted octanol–water partition coefficient (Wildman–Crippen LogP) is 0.939. The second-order valence-corrected chi connectivity index (χ2v) is 4.00. The van der Waals surface area contributed by atoms with E-state index in [0.29, 0.717) is 12.2 Å². The van der Waals surface area contributed by atoms with Crippen molar-refractivity contribution in [2.75, 3.05) is 31.6 Å². The van der Waals surface area contributed by atoms with E-state index in [4.69, 9.17) is 5.11 Å². The number of carbonyl (C=O) groups is 1. The molecule has 1 amide bonds. The average molecular weight is 279 g/mol. The second-order valence-electron chi connectivity index (χ2n) is 4.00. The van der Waals surface area contributed by atoms with Crippen LogP contribution in [0.5, 0.6) is 0 Å². The van der Waals surface area contributed by atoms with E-state index in [1.165, 1.54) is 25.2 Å². The Morgan fingerprint density at radius 2 is 2.30 bits per heavy atom. The first kappa shape index (κ1) is 15.6. The summed E-state index contributed by atoms with van der Waals surface area (Å²) in [7, 11) is 1.46. The van der Waals surface area contributed by atoms with Crippen molar-refractivity contribution < 1.29 is 14.8 Å². The van der Waals surface area contributed by atoms with E-state index in [1.807, 2.05) is 0 Å². The fourth-order valence-corrected chi connectivity index (χ4v) is 1.81. The Labute approximate surface area is 116 Å². The zero-order chi connectivity index (χ0) is 15.1. The highest BCUT2D eigenvalue weighted by Gasteiger charge is 2.20. The number of benzene rings is 1. The SMILES string of the molecule is C=CCN(CCO)c1ccc(C(=O)NC)cc1[N+](=O)[O-]. The van der Waals surface area contributed by atoms with Gasteiger partial charge in [0, 0.05) is 31.8 Å². The molecule has 0 aromatic heterocycles. The van der Waals surface area contributed by atoms with Crippen molar-refractivity contribution in [2.45, 2.75) is 0 Å². The highest BCUT2D eigenvalue weighted by Crippen LogP contribution is 2.29. The van der Waals surface area contributed by atoms with Gasteiger partial charge in [-0.1, -0.05) is 6.08 Å². The van der Waals surface area contributed by atoms with Crippen LogP contribution in [0.25, 0.3) is 0 Å². The van der Waals surface area contributed by atoms with E-state index in [0.717, 1.165) is 0 Å². The van der Waals surface area contributed by atoms with Gasteiger partial charge in [0.05, 0.1) is 11.5 Å². The molecule has 0 radical (unpaired) electrons. The minimum absolute atomic E-state index is 0.137. The fourth-order valence-electron chi connectivity index (χ4n) is 1.81. The molecule has 0 unspecified atom stereocenters. The lowest BCUT2D eigenvalue weighted by molar-refractivity contribution is -0.384. The molecule has 0 heterocycles. The molecular weight excluding hydrogens is 262 g/mol. The molecular formula is C13H17N3O4. The number of aliphatic hydroxyl groups is 1. The monoisotopic (exact) mass is 279 g/mol. The zero-order valence-electron chi connectivity index (χ0n) is 11.2. The molecule has 0 aliphatic rings. The van der Waals surface area contributed by atoms with Crippen LogP contribution in [0.4, 0.5) is 11.4 Å². The van der Waals surface area contributed by atoms with Crippen molar-refractivity contribution in [2.24, 2.45) is 0 Å². The van der Waals surface area contributed by atoms with Crippen LogP contribution in [0, 0.1) is 10.1 Å². The molecule has 1 rings (SSSR count). The summed E-state index contributed by atoms with van der Waals surface area (Å²) < 4.78 is 0. The van der Waals surface area contributed by atoms with E-state index in [1.54, 1.807) is 11.0 Å². The molecule has 7 nitrogen and oxygen atoms in total. The van der Waals surface area contributed by atoms with Gasteiger partial charge in [-0.05, 0) is 12.1 Å². The van der Waals surface area contributed by atoms with Gasteiger partial charge in [0.1, 0.15) is 5.69 Å². The number of aliphatic hydroxyl groups excluding tert-OH is 1. The first-order valence-corrected chi connectivity index (χ1v) is 6.02. The normalized spacial score (nSPS) is 9.90. The van der Waals surface area contributed by atoms with Gasteiger partial charge >= 0.3 is 0 Å². The Balaban J connectivity index is 3.27. The summed E-state index contributed by atoms with van der Waals surface area (Å²) >= 11 is 0. The number of amides is 1. The van der Waals surface area contributed by atoms with Crippen molar-refractivity contribution in [1.29, 1.82) is 0 Å². The minimum atomic E-state index is -0.546. The molecule has 0 saturated heterocycles. The standard InChI is InChI=1S/C13H17N3O4/c1-3-6-15(7-8-17)11-5-4-10(13(18)14-2)9-12(11)16(19)20/h3-5,9,17H,1,6-8H2,2H3,(H,14,18).